The third-order valence-corrected chi connectivity index (χ3v) is 3.74. The van der Waals surface area contributed by atoms with Crippen LogP contribution in [-0.2, 0) is 0 Å². The summed E-state index contributed by atoms with van der Waals surface area (Å²) >= 11 is 0. The smallest absolute Gasteiger partial charge is 0.406 e. The lowest BCUT2D eigenvalue weighted by Gasteiger charge is -2.14. The molecule has 0 radical (unpaired) electrons. The number of hydrogen-bond acceptors (Lipinski definition) is 4. The minimum atomic E-state index is -4.82. The first kappa shape index (κ1) is 18.2. The lowest BCUT2D eigenvalue weighted by molar-refractivity contribution is -0.274. The summed E-state index contributed by atoms with van der Waals surface area (Å²) in [5.41, 5.74) is 6.20. The second kappa shape index (κ2) is 6.99. The molecule has 138 valence electrons. The highest BCUT2D eigenvalue weighted by Gasteiger charge is 2.31. The maximum atomic E-state index is 12.6. The molecule has 0 saturated carbocycles. The molecule has 0 spiro atoms. The SMILES string of the molecule is Nc1c(C(=O)c2ccccc2)ccc(=O)n1-c1ccc(OC(F)(F)F)cc1. The predicted octanol–water partition coefficient (Wildman–Crippen LogP) is 3.55. The average Bonchev–Trinajstić information content (AvgIpc) is 2.62. The standard InChI is InChI=1S/C19H13F3N2O3/c20-19(21,22)27-14-8-6-13(7-9-14)24-16(25)11-10-15(18(24)23)17(26)12-4-2-1-3-5-12/h1-11H,23H2. The Morgan fingerprint density at radius 2 is 1.56 bits per heavy atom. The number of nitrogens with two attached hydrogens (primary N) is 1. The van der Waals surface area contributed by atoms with Crippen molar-refractivity contribution < 1.29 is 22.7 Å². The molecule has 0 fully saturated rings. The van der Waals surface area contributed by atoms with E-state index >= 15 is 0 Å². The first-order valence-corrected chi connectivity index (χ1v) is 7.74. The van der Waals surface area contributed by atoms with Crippen LogP contribution < -0.4 is 16.0 Å². The van der Waals surface area contributed by atoms with Crippen LogP contribution in [-0.4, -0.2) is 16.7 Å². The first-order chi connectivity index (χ1) is 12.8. The Bertz CT molecular complexity index is 1030. The van der Waals surface area contributed by atoms with Crippen molar-refractivity contribution in [2.24, 2.45) is 0 Å². The van der Waals surface area contributed by atoms with Crippen molar-refractivity contribution >= 4 is 11.6 Å². The van der Waals surface area contributed by atoms with E-state index in [4.69, 9.17) is 5.73 Å². The van der Waals surface area contributed by atoms with Gasteiger partial charge in [-0.2, -0.15) is 0 Å². The Balaban J connectivity index is 2.02. The fraction of sp³-hybridized carbons (Fsp3) is 0.0526. The van der Waals surface area contributed by atoms with Gasteiger partial charge in [0.1, 0.15) is 11.6 Å². The number of ketones is 1. The largest absolute Gasteiger partial charge is 0.573 e. The van der Waals surface area contributed by atoms with Gasteiger partial charge in [-0.3, -0.25) is 14.2 Å². The van der Waals surface area contributed by atoms with Gasteiger partial charge in [0, 0.05) is 11.6 Å². The Kier molecular flexibility index (Phi) is 4.72. The van der Waals surface area contributed by atoms with Crippen LogP contribution in [0.15, 0.2) is 71.5 Å². The van der Waals surface area contributed by atoms with Crippen LogP contribution in [0, 0.1) is 0 Å². The number of aromatic nitrogens is 1. The van der Waals surface area contributed by atoms with Gasteiger partial charge in [-0.1, -0.05) is 30.3 Å². The van der Waals surface area contributed by atoms with Crippen molar-refractivity contribution in [2.75, 3.05) is 5.73 Å². The summed E-state index contributed by atoms with van der Waals surface area (Å²) in [4.78, 5) is 24.9. The third-order valence-electron chi connectivity index (χ3n) is 3.74. The molecule has 0 aliphatic carbocycles. The van der Waals surface area contributed by atoms with Crippen molar-refractivity contribution in [2.45, 2.75) is 6.36 Å². The summed E-state index contributed by atoms with van der Waals surface area (Å²) in [6.45, 7) is 0. The lowest BCUT2D eigenvalue weighted by atomic mass is 10.0. The Morgan fingerprint density at radius 1 is 0.926 bits per heavy atom. The zero-order valence-electron chi connectivity index (χ0n) is 13.7. The first-order valence-electron chi connectivity index (χ1n) is 7.74. The number of nitrogen functional groups attached to an aromatic ring is 1. The van der Waals surface area contributed by atoms with Crippen LogP contribution in [0.25, 0.3) is 5.69 Å². The maximum Gasteiger partial charge on any atom is 0.573 e. The van der Waals surface area contributed by atoms with E-state index in [9.17, 15) is 22.8 Å². The van der Waals surface area contributed by atoms with E-state index in [-0.39, 0.29) is 22.9 Å². The summed E-state index contributed by atoms with van der Waals surface area (Å²) in [6.07, 6.45) is -4.82. The molecule has 0 atom stereocenters. The minimum Gasteiger partial charge on any atom is -0.406 e. The molecule has 2 aromatic carbocycles. The van der Waals surface area contributed by atoms with E-state index in [1.165, 1.54) is 24.3 Å². The molecule has 0 amide bonds. The van der Waals surface area contributed by atoms with Gasteiger partial charge in [0.2, 0.25) is 0 Å². The highest BCUT2D eigenvalue weighted by Crippen LogP contribution is 2.25. The molecule has 2 N–H and O–H groups in total. The highest BCUT2D eigenvalue weighted by atomic mass is 19.4. The van der Waals surface area contributed by atoms with Crippen molar-refractivity contribution in [1.29, 1.82) is 0 Å². The molecule has 0 saturated heterocycles. The van der Waals surface area contributed by atoms with Gasteiger partial charge >= 0.3 is 6.36 Å². The molecule has 0 unspecified atom stereocenters. The number of rotatable bonds is 4. The molecule has 27 heavy (non-hydrogen) atoms. The zero-order chi connectivity index (χ0) is 19.6. The molecule has 0 bridgehead atoms. The Morgan fingerprint density at radius 3 is 2.15 bits per heavy atom. The molecule has 5 nitrogen and oxygen atoms in total. The fourth-order valence-corrected chi connectivity index (χ4v) is 2.55. The van der Waals surface area contributed by atoms with Crippen molar-refractivity contribution in [3.8, 4) is 11.4 Å². The molecule has 0 aliphatic rings. The zero-order valence-corrected chi connectivity index (χ0v) is 13.7. The number of halogens is 3. The topological polar surface area (TPSA) is 74.3 Å². The number of carbonyl (C=O) groups excluding carboxylic acids is 1. The van der Waals surface area contributed by atoms with Crippen LogP contribution in [0.2, 0.25) is 0 Å². The van der Waals surface area contributed by atoms with Gasteiger partial charge in [-0.25, -0.2) is 0 Å². The third kappa shape index (κ3) is 4.00. The Hall–Kier alpha value is -3.55. The van der Waals surface area contributed by atoms with Crippen molar-refractivity contribution in [3.63, 3.8) is 0 Å². The van der Waals surface area contributed by atoms with Crippen LogP contribution >= 0.6 is 0 Å². The molecule has 1 heterocycles. The van der Waals surface area contributed by atoms with Crippen LogP contribution in [0.3, 0.4) is 0 Å². The number of anilines is 1. The molecule has 1 aromatic heterocycles. The second-order valence-corrected chi connectivity index (χ2v) is 5.54. The molecular formula is C19H13F3N2O3. The number of carbonyl (C=O) groups is 1. The van der Waals surface area contributed by atoms with Crippen LogP contribution in [0.4, 0.5) is 19.0 Å². The van der Waals surface area contributed by atoms with Crippen LogP contribution in [0.5, 0.6) is 5.75 Å². The summed E-state index contributed by atoms with van der Waals surface area (Å²) in [5, 5.41) is 0. The van der Waals surface area contributed by atoms with Gasteiger partial charge in [-0.15, -0.1) is 13.2 Å². The number of ether oxygens (including phenoxy) is 1. The average molecular weight is 374 g/mol. The van der Waals surface area contributed by atoms with E-state index in [1.54, 1.807) is 30.3 Å². The number of alkyl halides is 3. The maximum absolute atomic E-state index is 12.6. The Labute approximate surface area is 151 Å². The van der Waals surface area contributed by atoms with Gasteiger partial charge in [0.15, 0.2) is 5.78 Å². The van der Waals surface area contributed by atoms with E-state index in [1.807, 2.05) is 0 Å². The summed E-state index contributed by atoms with van der Waals surface area (Å²) in [7, 11) is 0. The normalized spacial score (nSPS) is 11.2. The summed E-state index contributed by atoms with van der Waals surface area (Å²) < 4.78 is 41.6. The van der Waals surface area contributed by atoms with Crippen molar-refractivity contribution in [1.82, 2.24) is 4.57 Å². The number of hydrogen-bond donors (Lipinski definition) is 1. The summed E-state index contributed by atoms with van der Waals surface area (Å²) in [6, 6.07) is 15.5. The summed E-state index contributed by atoms with van der Waals surface area (Å²) in [5.74, 6) is -0.922. The predicted molar refractivity (Wildman–Crippen MR) is 93.0 cm³/mol. The molecule has 3 aromatic rings. The molecule has 3 rings (SSSR count). The second-order valence-electron chi connectivity index (χ2n) is 5.54. The van der Waals surface area contributed by atoms with E-state index in [0.717, 1.165) is 16.7 Å². The van der Waals surface area contributed by atoms with E-state index < -0.39 is 17.7 Å². The van der Waals surface area contributed by atoms with Gasteiger partial charge in [-0.05, 0) is 30.3 Å². The van der Waals surface area contributed by atoms with Gasteiger partial charge < -0.3 is 10.5 Å². The minimum absolute atomic E-state index is 0.108. The van der Waals surface area contributed by atoms with Crippen LogP contribution in [0.1, 0.15) is 15.9 Å². The lowest BCUT2D eigenvalue weighted by Crippen LogP contribution is -2.23. The molecule has 8 heteroatoms. The molecular weight excluding hydrogens is 361 g/mol. The van der Waals surface area contributed by atoms with Gasteiger partial charge in [0.25, 0.3) is 5.56 Å². The van der Waals surface area contributed by atoms with E-state index in [2.05, 4.69) is 4.74 Å². The fourth-order valence-electron chi connectivity index (χ4n) is 2.55. The van der Waals surface area contributed by atoms with E-state index in [0.29, 0.717) is 5.56 Å². The van der Waals surface area contributed by atoms with Crippen molar-refractivity contribution in [3.05, 3.63) is 88.2 Å². The number of pyridine rings is 1. The monoisotopic (exact) mass is 374 g/mol. The molecule has 0 aliphatic heterocycles. The quantitative estimate of drug-likeness (QED) is 0.709. The van der Waals surface area contributed by atoms with Gasteiger partial charge in [0.05, 0.1) is 11.3 Å². The number of benzene rings is 2. The number of nitrogens with zero attached hydrogens (tertiary/aromatic N) is 1. The highest BCUT2D eigenvalue weighted by molar-refractivity contribution is 6.11.